The van der Waals surface area contributed by atoms with Crippen molar-refractivity contribution in [1.82, 2.24) is 46.2 Å². The van der Waals surface area contributed by atoms with E-state index in [1.165, 1.54) is 30.6 Å². The van der Waals surface area contributed by atoms with Gasteiger partial charge < -0.3 is 40.2 Å². The molecule has 3 fully saturated rings. The van der Waals surface area contributed by atoms with Gasteiger partial charge in [0.05, 0.1) is 56.5 Å². The Morgan fingerprint density at radius 1 is 0.769 bits per heavy atom. The van der Waals surface area contributed by atoms with Gasteiger partial charge in [-0.1, -0.05) is 24.0 Å². The maximum atomic E-state index is 16.0. The molecule has 4 aromatic rings. The predicted octanol–water partition coefficient (Wildman–Crippen LogP) is 5.43. The third-order valence-corrected chi connectivity index (χ3v) is 14.3. The van der Waals surface area contributed by atoms with Crippen LogP contribution in [0, 0.1) is 34.3 Å². The molecule has 6 atom stereocenters. The molecule has 5 N–H and O–H groups in total. The van der Waals surface area contributed by atoms with Crippen LogP contribution in [0.1, 0.15) is 56.4 Å². The minimum Gasteiger partial charge on any atom is -0.453 e. The topological polar surface area (TPSA) is 213 Å². The first-order chi connectivity index (χ1) is 36.7. The molecule has 7 rings (SSSR count). The fourth-order valence-corrected chi connectivity index (χ4v) is 9.22. The second-order valence-electron chi connectivity index (χ2n) is 20.2. The number of aliphatic hydroxyl groups is 1. The largest absolute Gasteiger partial charge is 0.453 e. The second-order valence-corrected chi connectivity index (χ2v) is 20.2. The molecule has 2 aromatic heterocycles. The van der Waals surface area contributed by atoms with Crippen LogP contribution in [0.5, 0.6) is 0 Å². The summed E-state index contributed by atoms with van der Waals surface area (Å²) in [6.45, 7) is 3.61. The number of hydrazine groups is 1. The Hall–Kier alpha value is -7.21. The third-order valence-electron chi connectivity index (χ3n) is 14.3. The molecule has 26 heteroatoms. The number of amides is 4. The minimum atomic E-state index is -5.19. The van der Waals surface area contributed by atoms with Gasteiger partial charge in [0.25, 0.3) is 5.91 Å². The molecule has 78 heavy (non-hydrogen) atoms. The maximum absolute atomic E-state index is 16.0. The number of hydrogen-bond donors (Lipinski definition) is 5. The number of aromatic nitrogens is 3. The summed E-state index contributed by atoms with van der Waals surface area (Å²) < 4.78 is 134. The summed E-state index contributed by atoms with van der Waals surface area (Å²) in [6, 6.07) is 7.65. The van der Waals surface area contributed by atoms with E-state index < -0.39 is 108 Å². The number of nitrogens with one attached hydrogen (secondary N) is 4. The molecule has 3 aliphatic rings. The number of benzene rings is 2. The zero-order chi connectivity index (χ0) is 56.9. The molecule has 0 aliphatic carbocycles. The lowest BCUT2D eigenvalue weighted by Gasteiger charge is -2.42. The van der Waals surface area contributed by atoms with Gasteiger partial charge in [0.1, 0.15) is 29.5 Å². The van der Waals surface area contributed by atoms with Gasteiger partial charge in [0, 0.05) is 79.1 Å². The standard InChI is InChI=1S/C52H58F8N10O8/c1-49(2,51(55,56)57)42(65-47(74)76-5)45(72)64-39(18-30-11-8-29(9-12-30)10-13-31-14-15-41(63-22-31)70-24-33-21-34(70)23-69(33)35-27-78-28-35)40(71)26-68(67-46(73)43(66-48(75)77-6)50(3,4)52(58,59)60)25-36-37(53)19-32(20-38(36)54)44-61-16-7-17-62-44/h7-9,11-12,14-17,19-20,22,33-35,39-40,42-43,71H,18,21,23-28H2,1-6H3,(H,64,72)(H,65,74)(H,66,75)(H,67,73)/t33-,34-,39-,40-,42+,43+/m0/s1. The van der Waals surface area contributed by atoms with Crippen molar-refractivity contribution in [3.8, 4) is 23.2 Å². The van der Waals surface area contributed by atoms with E-state index in [4.69, 9.17) is 4.74 Å². The van der Waals surface area contributed by atoms with Crippen molar-refractivity contribution >= 4 is 29.8 Å². The van der Waals surface area contributed by atoms with Crippen LogP contribution in [0.4, 0.5) is 50.5 Å². The highest BCUT2D eigenvalue weighted by Gasteiger charge is 2.57. The highest BCUT2D eigenvalue weighted by Crippen LogP contribution is 2.42. The van der Waals surface area contributed by atoms with Crippen LogP contribution in [-0.4, -0.2) is 156 Å². The number of carbonyl (C=O) groups is 4. The smallest absolute Gasteiger partial charge is 0.407 e. The number of likely N-dealkylation sites (tertiary alicyclic amines) is 1. The van der Waals surface area contributed by atoms with E-state index in [9.17, 15) is 50.6 Å². The fraction of sp³-hybridized carbons (Fsp3) is 0.481. The number of methoxy groups -OCH3 is 2. The van der Waals surface area contributed by atoms with Gasteiger partial charge in [0.2, 0.25) is 5.91 Å². The summed E-state index contributed by atoms with van der Waals surface area (Å²) >= 11 is 0. The molecule has 2 bridgehead atoms. The average molecular weight is 1100 g/mol. The van der Waals surface area contributed by atoms with Crippen LogP contribution in [0.25, 0.3) is 11.4 Å². The van der Waals surface area contributed by atoms with Crippen LogP contribution in [0.2, 0.25) is 0 Å². The van der Waals surface area contributed by atoms with Gasteiger partial charge in [0.15, 0.2) is 5.82 Å². The highest BCUT2D eigenvalue weighted by molar-refractivity contribution is 5.87. The molecular weight excluding hydrogens is 1040 g/mol. The van der Waals surface area contributed by atoms with Crippen molar-refractivity contribution in [3.63, 3.8) is 0 Å². The van der Waals surface area contributed by atoms with Gasteiger partial charge in [-0.05, 0) is 88.6 Å². The number of nitrogens with zero attached hydrogens (tertiary/aromatic N) is 6. The van der Waals surface area contributed by atoms with Gasteiger partial charge in [-0.3, -0.25) is 19.9 Å². The Morgan fingerprint density at radius 3 is 1.83 bits per heavy atom. The molecule has 0 radical (unpaired) electrons. The van der Waals surface area contributed by atoms with Gasteiger partial charge >= 0.3 is 24.5 Å². The summed E-state index contributed by atoms with van der Waals surface area (Å²) in [5.41, 5.74) is -3.54. The fourth-order valence-electron chi connectivity index (χ4n) is 9.22. The van der Waals surface area contributed by atoms with Crippen molar-refractivity contribution in [2.45, 2.75) is 102 Å². The Balaban J connectivity index is 1.18. The van der Waals surface area contributed by atoms with E-state index in [1.807, 2.05) is 22.8 Å². The lowest BCUT2D eigenvalue weighted by molar-refractivity contribution is -0.221. The van der Waals surface area contributed by atoms with E-state index in [1.54, 1.807) is 18.3 Å². The van der Waals surface area contributed by atoms with Crippen molar-refractivity contribution in [3.05, 3.63) is 107 Å². The van der Waals surface area contributed by atoms with Crippen LogP contribution >= 0.6 is 0 Å². The zero-order valence-corrected chi connectivity index (χ0v) is 43.1. The number of aliphatic hydroxyl groups excluding tert-OH is 1. The molecular formula is C52H58F8N10O8. The number of fused-ring (bicyclic) bond motifs is 2. The first-order valence-corrected chi connectivity index (χ1v) is 24.5. The van der Waals surface area contributed by atoms with E-state index in [2.05, 4.69) is 56.8 Å². The Kier molecular flexibility index (Phi) is 17.8. The number of halogens is 8. The van der Waals surface area contributed by atoms with E-state index in [0.29, 0.717) is 67.5 Å². The third kappa shape index (κ3) is 13.4. The number of carbonyl (C=O) groups excluding carboxylic acids is 4. The lowest BCUT2D eigenvalue weighted by atomic mass is 9.82. The molecule has 5 heterocycles. The molecule has 3 saturated heterocycles. The van der Waals surface area contributed by atoms with Crippen LogP contribution in [-0.2, 0) is 36.8 Å². The Bertz CT molecular complexity index is 2830. The molecule has 420 valence electrons. The minimum absolute atomic E-state index is 0.0975. The van der Waals surface area contributed by atoms with E-state index >= 15 is 8.78 Å². The molecule has 0 unspecified atom stereocenters. The van der Waals surface area contributed by atoms with Crippen molar-refractivity contribution in [1.29, 1.82) is 0 Å². The lowest BCUT2D eigenvalue weighted by Crippen LogP contribution is -2.63. The number of alkyl halides is 6. The summed E-state index contributed by atoms with van der Waals surface area (Å²) in [5, 5.41) is 18.7. The van der Waals surface area contributed by atoms with Gasteiger partial charge in [-0.15, -0.1) is 0 Å². The molecule has 18 nitrogen and oxygen atoms in total. The number of rotatable bonds is 18. The van der Waals surface area contributed by atoms with Gasteiger partial charge in [-0.2, -0.15) is 26.3 Å². The number of alkyl carbamates (subject to hydrolysis) is 2. The van der Waals surface area contributed by atoms with E-state index in [-0.39, 0.29) is 11.4 Å². The van der Waals surface area contributed by atoms with Crippen molar-refractivity contribution in [2.75, 3.05) is 52.0 Å². The maximum Gasteiger partial charge on any atom is 0.407 e. The Labute approximate surface area is 443 Å². The molecule has 4 amide bonds. The zero-order valence-electron chi connectivity index (χ0n) is 43.1. The number of piperazine rings is 1. The quantitative estimate of drug-likeness (QED) is 0.0478. The number of hydrogen-bond acceptors (Lipinski definition) is 14. The van der Waals surface area contributed by atoms with Crippen LogP contribution in [0.15, 0.2) is 73.2 Å². The summed E-state index contributed by atoms with van der Waals surface area (Å²) in [7, 11) is 1.66. The van der Waals surface area contributed by atoms with Crippen LogP contribution in [0.3, 0.4) is 0 Å². The summed E-state index contributed by atoms with van der Waals surface area (Å²) in [5.74, 6) is 1.13. The van der Waals surface area contributed by atoms with E-state index in [0.717, 1.165) is 64.9 Å². The molecule has 2 aromatic carbocycles. The normalized spacial score (nSPS) is 18.4. The number of pyridine rings is 1. The van der Waals surface area contributed by atoms with Crippen molar-refractivity contribution in [2.24, 2.45) is 10.8 Å². The molecule has 3 aliphatic heterocycles. The summed E-state index contributed by atoms with van der Waals surface area (Å²) in [4.78, 5) is 70.2. The first-order valence-electron chi connectivity index (χ1n) is 24.5. The Morgan fingerprint density at radius 2 is 1.33 bits per heavy atom. The molecule has 0 saturated carbocycles. The monoisotopic (exact) mass is 1100 g/mol. The predicted molar refractivity (Wildman–Crippen MR) is 263 cm³/mol. The molecule has 0 spiro atoms. The number of anilines is 1. The average Bonchev–Trinajstić information content (AvgIpc) is 4.02. The second kappa shape index (κ2) is 23.8. The van der Waals surface area contributed by atoms with Gasteiger partial charge in [-0.25, -0.2) is 38.3 Å². The SMILES string of the molecule is COC(=O)N[C@H](C(=O)N[C@@H](Cc1ccc(C#Cc2ccc(N3C[C@@H]4C[C@H]3CN4C3COC3)nc2)cc1)[C@@H](O)CN(Cc1c(F)cc(-c2ncccn2)cc1F)NC(=O)[C@@H](NC(=O)OC)C(C)(C)C(F)(F)F)C(C)(C)C(F)(F)F. The van der Waals surface area contributed by atoms with Crippen molar-refractivity contribution < 1.29 is 73.6 Å². The van der Waals surface area contributed by atoms with Crippen LogP contribution < -0.4 is 26.3 Å². The number of ether oxygens (including phenoxy) is 3. The highest BCUT2D eigenvalue weighted by atomic mass is 19.4. The summed E-state index contributed by atoms with van der Waals surface area (Å²) in [6.07, 6.45) is -10.4. The first kappa shape index (κ1) is 58.5.